The summed E-state index contributed by atoms with van der Waals surface area (Å²) in [4.78, 5) is 0. The van der Waals surface area contributed by atoms with E-state index < -0.39 is 0 Å². The van der Waals surface area contributed by atoms with Gasteiger partial charge in [0.25, 0.3) is 0 Å². The minimum atomic E-state index is 0.369. The molecule has 1 aromatic heterocycles. The van der Waals surface area contributed by atoms with Crippen LogP contribution in [0, 0.1) is 0 Å². The van der Waals surface area contributed by atoms with Crippen molar-refractivity contribution in [3.63, 3.8) is 0 Å². The van der Waals surface area contributed by atoms with Crippen LogP contribution in [0.5, 0.6) is 0 Å². The monoisotopic (exact) mass is 229 g/mol. The van der Waals surface area contributed by atoms with Crippen molar-refractivity contribution in [3.05, 3.63) is 36.9 Å². The maximum absolute atomic E-state index is 5.77. The first kappa shape index (κ1) is 10.3. The smallest absolute Gasteiger partial charge is 0.123 e. The molecule has 0 bridgehead atoms. The summed E-state index contributed by atoms with van der Waals surface area (Å²) >= 11 is 0. The predicted molar refractivity (Wildman–Crippen MR) is 66.0 cm³/mol. The Kier molecular flexibility index (Phi) is 2.53. The standard InChI is InChI=1S/C12H15N5/c13-9-4-11(5-9)16-10-2-1-3-12(6-10)17-7-14-15-8-17/h1-3,6-9,11,16H,4-5,13H2. The van der Waals surface area contributed by atoms with Gasteiger partial charge in [-0.1, -0.05) is 6.07 Å². The number of nitrogens with two attached hydrogens (primary N) is 1. The number of benzene rings is 1. The SMILES string of the molecule is NC1CC(Nc2cccc(-n3cnnc3)c2)C1. The number of anilines is 1. The summed E-state index contributed by atoms with van der Waals surface area (Å²) in [7, 11) is 0. The van der Waals surface area contributed by atoms with Gasteiger partial charge in [0.05, 0.1) is 5.69 Å². The lowest BCUT2D eigenvalue weighted by molar-refractivity contribution is 0.373. The first-order chi connectivity index (χ1) is 8.31. The summed E-state index contributed by atoms with van der Waals surface area (Å²) in [6.07, 6.45) is 5.49. The highest BCUT2D eigenvalue weighted by atomic mass is 15.2. The van der Waals surface area contributed by atoms with Crippen LogP contribution in [-0.4, -0.2) is 26.8 Å². The number of aromatic nitrogens is 3. The molecule has 1 aromatic carbocycles. The van der Waals surface area contributed by atoms with Crippen LogP contribution in [0.2, 0.25) is 0 Å². The minimum absolute atomic E-state index is 0.369. The van der Waals surface area contributed by atoms with Crippen molar-refractivity contribution in [2.45, 2.75) is 24.9 Å². The molecule has 0 amide bonds. The highest BCUT2D eigenvalue weighted by Crippen LogP contribution is 2.23. The third-order valence-corrected chi connectivity index (χ3v) is 3.11. The van der Waals surface area contributed by atoms with Gasteiger partial charge in [-0.15, -0.1) is 10.2 Å². The number of rotatable bonds is 3. The Bertz CT molecular complexity index is 487. The molecule has 0 aliphatic heterocycles. The van der Waals surface area contributed by atoms with E-state index in [-0.39, 0.29) is 0 Å². The minimum Gasteiger partial charge on any atom is -0.382 e. The van der Waals surface area contributed by atoms with Crippen molar-refractivity contribution in [1.29, 1.82) is 0 Å². The molecule has 1 aliphatic carbocycles. The van der Waals surface area contributed by atoms with Gasteiger partial charge in [-0.25, -0.2) is 0 Å². The second-order valence-electron chi connectivity index (χ2n) is 4.49. The van der Waals surface area contributed by atoms with E-state index in [1.165, 1.54) is 0 Å². The first-order valence-corrected chi connectivity index (χ1v) is 5.78. The summed E-state index contributed by atoms with van der Waals surface area (Å²) in [5.74, 6) is 0. The van der Waals surface area contributed by atoms with Crippen molar-refractivity contribution in [2.75, 3.05) is 5.32 Å². The average molecular weight is 229 g/mol. The molecule has 0 spiro atoms. The molecule has 1 fully saturated rings. The van der Waals surface area contributed by atoms with Gasteiger partial charge < -0.3 is 11.1 Å². The molecule has 3 rings (SSSR count). The van der Waals surface area contributed by atoms with Crippen molar-refractivity contribution in [1.82, 2.24) is 14.8 Å². The number of nitrogens with zero attached hydrogens (tertiary/aromatic N) is 3. The van der Waals surface area contributed by atoms with Crippen molar-refractivity contribution in [2.24, 2.45) is 5.73 Å². The molecule has 1 aliphatic rings. The van der Waals surface area contributed by atoms with Crippen LogP contribution >= 0.6 is 0 Å². The lowest BCUT2D eigenvalue weighted by Crippen LogP contribution is -2.44. The van der Waals surface area contributed by atoms with Crippen LogP contribution in [0.4, 0.5) is 5.69 Å². The Balaban J connectivity index is 1.75. The van der Waals surface area contributed by atoms with Crippen LogP contribution in [0.1, 0.15) is 12.8 Å². The second kappa shape index (κ2) is 4.18. The van der Waals surface area contributed by atoms with E-state index >= 15 is 0 Å². The van der Waals surface area contributed by atoms with Gasteiger partial charge >= 0.3 is 0 Å². The molecule has 3 N–H and O–H groups in total. The van der Waals surface area contributed by atoms with Crippen molar-refractivity contribution in [3.8, 4) is 5.69 Å². The topological polar surface area (TPSA) is 68.8 Å². The van der Waals surface area contributed by atoms with Crippen LogP contribution in [0.25, 0.3) is 5.69 Å². The summed E-state index contributed by atoms with van der Waals surface area (Å²) in [6, 6.07) is 9.09. The molecule has 17 heavy (non-hydrogen) atoms. The lowest BCUT2D eigenvalue weighted by atomic mass is 9.87. The van der Waals surface area contributed by atoms with Gasteiger partial charge in [0.15, 0.2) is 0 Å². The van der Waals surface area contributed by atoms with Gasteiger partial charge in [-0.2, -0.15) is 0 Å². The fourth-order valence-electron chi connectivity index (χ4n) is 2.11. The molecular formula is C12H15N5. The molecule has 2 aromatic rings. The Labute approximate surface area is 99.7 Å². The van der Waals surface area contributed by atoms with E-state index in [0.29, 0.717) is 12.1 Å². The summed E-state index contributed by atoms with van der Waals surface area (Å²) in [5, 5.41) is 11.1. The van der Waals surface area contributed by atoms with Gasteiger partial charge in [-0.3, -0.25) is 4.57 Å². The maximum Gasteiger partial charge on any atom is 0.123 e. The third kappa shape index (κ3) is 2.14. The molecule has 88 valence electrons. The predicted octanol–water partition coefficient (Wildman–Crippen LogP) is 1.17. The molecule has 1 heterocycles. The van der Waals surface area contributed by atoms with Gasteiger partial charge in [0.2, 0.25) is 0 Å². The molecule has 0 radical (unpaired) electrons. The van der Waals surface area contributed by atoms with E-state index in [2.05, 4.69) is 27.6 Å². The Morgan fingerprint density at radius 2 is 2.00 bits per heavy atom. The van der Waals surface area contributed by atoms with Crippen LogP contribution in [0.3, 0.4) is 0 Å². The molecule has 0 unspecified atom stereocenters. The zero-order valence-electron chi connectivity index (χ0n) is 9.45. The number of hydrogen-bond acceptors (Lipinski definition) is 4. The summed E-state index contributed by atoms with van der Waals surface area (Å²) < 4.78 is 1.89. The quantitative estimate of drug-likeness (QED) is 0.829. The van der Waals surface area contributed by atoms with Crippen molar-refractivity contribution < 1.29 is 0 Å². The fraction of sp³-hybridized carbons (Fsp3) is 0.333. The van der Waals surface area contributed by atoms with Crippen LogP contribution in [-0.2, 0) is 0 Å². The Morgan fingerprint density at radius 1 is 1.24 bits per heavy atom. The van der Waals surface area contributed by atoms with Crippen LogP contribution in [0.15, 0.2) is 36.9 Å². The molecule has 0 saturated heterocycles. The van der Waals surface area contributed by atoms with E-state index in [9.17, 15) is 0 Å². The number of nitrogens with one attached hydrogen (secondary N) is 1. The Morgan fingerprint density at radius 3 is 2.71 bits per heavy atom. The van der Waals surface area contributed by atoms with Gasteiger partial charge in [0, 0.05) is 17.8 Å². The van der Waals surface area contributed by atoms with Crippen LogP contribution < -0.4 is 11.1 Å². The molecule has 1 saturated carbocycles. The fourth-order valence-corrected chi connectivity index (χ4v) is 2.11. The molecule has 0 atom stereocenters. The second-order valence-corrected chi connectivity index (χ2v) is 4.49. The Hall–Kier alpha value is -1.88. The lowest BCUT2D eigenvalue weighted by Gasteiger charge is -2.33. The average Bonchev–Trinajstić information content (AvgIpc) is 2.81. The van der Waals surface area contributed by atoms with E-state index in [1.807, 2.05) is 16.7 Å². The largest absolute Gasteiger partial charge is 0.382 e. The summed E-state index contributed by atoms with van der Waals surface area (Å²) in [6.45, 7) is 0. The maximum atomic E-state index is 5.77. The van der Waals surface area contributed by atoms with E-state index in [0.717, 1.165) is 24.2 Å². The third-order valence-electron chi connectivity index (χ3n) is 3.11. The zero-order valence-corrected chi connectivity index (χ0v) is 9.45. The highest BCUT2D eigenvalue weighted by Gasteiger charge is 2.25. The van der Waals surface area contributed by atoms with Gasteiger partial charge in [0.1, 0.15) is 12.7 Å². The number of hydrogen-bond donors (Lipinski definition) is 2. The normalized spacial score (nSPS) is 23.1. The van der Waals surface area contributed by atoms with Gasteiger partial charge in [-0.05, 0) is 31.0 Å². The molecular weight excluding hydrogens is 214 g/mol. The first-order valence-electron chi connectivity index (χ1n) is 5.78. The highest BCUT2D eigenvalue weighted by molar-refractivity contribution is 5.51. The molecule has 5 heteroatoms. The van der Waals surface area contributed by atoms with Crippen molar-refractivity contribution >= 4 is 5.69 Å². The van der Waals surface area contributed by atoms with E-state index in [1.54, 1.807) is 12.7 Å². The molecule has 5 nitrogen and oxygen atoms in total. The zero-order chi connectivity index (χ0) is 11.7. The summed E-state index contributed by atoms with van der Waals surface area (Å²) in [5.41, 5.74) is 7.95. The van der Waals surface area contributed by atoms with E-state index in [4.69, 9.17) is 5.73 Å².